The topological polar surface area (TPSA) is 59.7 Å². The zero-order valence-corrected chi connectivity index (χ0v) is 16.4. The van der Waals surface area contributed by atoms with Gasteiger partial charge < -0.3 is 4.90 Å². The van der Waals surface area contributed by atoms with Gasteiger partial charge in [0.2, 0.25) is 0 Å². The summed E-state index contributed by atoms with van der Waals surface area (Å²) in [6.45, 7) is 6.63. The summed E-state index contributed by atoms with van der Waals surface area (Å²) in [6.07, 6.45) is 4.01. The molecule has 3 aromatic heterocycles. The Balaban J connectivity index is 1.73. The van der Waals surface area contributed by atoms with E-state index in [9.17, 15) is 8.78 Å². The van der Waals surface area contributed by atoms with Gasteiger partial charge in [0.1, 0.15) is 11.6 Å². The quantitative estimate of drug-likeness (QED) is 0.686. The van der Waals surface area contributed by atoms with Gasteiger partial charge in [-0.2, -0.15) is 5.10 Å². The molecule has 4 rings (SSSR count). The van der Waals surface area contributed by atoms with E-state index < -0.39 is 5.92 Å². The van der Waals surface area contributed by atoms with E-state index in [2.05, 4.69) is 15.1 Å². The first-order chi connectivity index (χ1) is 13.2. The lowest BCUT2D eigenvalue weighted by Gasteiger charge is -2.22. The monoisotopic (exact) mass is 386 g/mol. The lowest BCUT2D eigenvalue weighted by Crippen LogP contribution is -2.27. The summed E-state index contributed by atoms with van der Waals surface area (Å²) in [5.41, 5.74) is 1.35. The zero-order valence-electron chi connectivity index (χ0n) is 16.4. The Morgan fingerprint density at radius 2 is 2.00 bits per heavy atom. The Bertz CT molecular complexity index is 978. The third-order valence-electron chi connectivity index (χ3n) is 4.92. The van der Waals surface area contributed by atoms with Crippen molar-refractivity contribution in [2.75, 3.05) is 18.0 Å². The van der Waals surface area contributed by atoms with Crippen LogP contribution in [0.15, 0.2) is 30.6 Å². The highest BCUT2D eigenvalue weighted by Gasteiger charge is 2.40. The molecule has 1 aliphatic heterocycles. The third-order valence-corrected chi connectivity index (χ3v) is 4.92. The van der Waals surface area contributed by atoms with E-state index in [1.807, 2.05) is 43.7 Å². The molecular weight excluding hydrogens is 362 g/mol. The number of alkyl halides is 2. The molecule has 0 spiro atoms. The Labute approximate surface area is 162 Å². The van der Waals surface area contributed by atoms with Crippen molar-refractivity contribution in [3.05, 3.63) is 42.1 Å². The molecule has 0 radical (unpaired) electrons. The number of rotatable bonds is 4. The fourth-order valence-corrected chi connectivity index (χ4v) is 3.36. The number of fused-ring (bicyclic) bond motifs is 1. The maximum atomic E-state index is 13.8. The van der Waals surface area contributed by atoms with Crippen LogP contribution in [0, 0.1) is 0 Å². The minimum absolute atomic E-state index is 0.156. The number of anilines is 1. The molecule has 0 atom stereocenters. The van der Waals surface area contributed by atoms with Crippen molar-refractivity contribution in [3.8, 4) is 0 Å². The Kier molecular flexibility index (Phi) is 4.51. The number of aromatic nitrogens is 5. The van der Waals surface area contributed by atoms with Crippen LogP contribution in [0.2, 0.25) is 0 Å². The van der Waals surface area contributed by atoms with Gasteiger partial charge in [0.15, 0.2) is 5.65 Å². The maximum absolute atomic E-state index is 13.8. The van der Waals surface area contributed by atoms with E-state index >= 15 is 0 Å². The zero-order chi connectivity index (χ0) is 19.9. The number of halogens is 2. The van der Waals surface area contributed by atoms with Crippen molar-refractivity contribution in [1.82, 2.24) is 24.7 Å². The molecule has 1 fully saturated rings. The van der Waals surface area contributed by atoms with Crippen molar-refractivity contribution >= 4 is 16.9 Å². The fourth-order valence-electron chi connectivity index (χ4n) is 3.36. The van der Waals surface area contributed by atoms with Crippen LogP contribution in [0.5, 0.6) is 0 Å². The van der Waals surface area contributed by atoms with Crippen molar-refractivity contribution in [2.24, 2.45) is 0 Å². The van der Waals surface area contributed by atoms with Crippen molar-refractivity contribution in [2.45, 2.75) is 51.5 Å². The van der Waals surface area contributed by atoms with Crippen molar-refractivity contribution in [1.29, 1.82) is 0 Å². The van der Waals surface area contributed by atoms with E-state index in [-0.39, 0.29) is 24.9 Å². The summed E-state index contributed by atoms with van der Waals surface area (Å²) in [5.74, 6) is -1.50. The summed E-state index contributed by atoms with van der Waals surface area (Å²) in [5, 5.41) is 5.19. The molecule has 1 aliphatic rings. The minimum atomic E-state index is -2.69. The molecular formula is C20H24F2N6. The Hall–Kier alpha value is -2.64. The summed E-state index contributed by atoms with van der Waals surface area (Å²) in [7, 11) is 0. The normalized spacial score (nSPS) is 16.8. The average Bonchev–Trinajstić information content (AvgIpc) is 3.22. The van der Waals surface area contributed by atoms with Crippen LogP contribution in [-0.4, -0.2) is 43.7 Å². The minimum Gasteiger partial charge on any atom is -0.350 e. The van der Waals surface area contributed by atoms with Crippen molar-refractivity contribution in [3.63, 3.8) is 0 Å². The first kappa shape index (κ1) is 18.7. The van der Waals surface area contributed by atoms with Gasteiger partial charge in [0.25, 0.3) is 5.92 Å². The third kappa shape index (κ3) is 3.68. The molecule has 0 N–H and O–H groups in total. The number of pyridine rings is 1. The predicted octanol–water partition coefficient (Wildman–Crippen LogP) is 3.61. The highest BCUT2D eigenvalue weighted by molar-refractivity contribution is 5.87. The van der Waals surface area contributed by atoms with Crippen LogP contribution >= 0.6 is 0 Å². The molecule has 0 saturated carbocycles. The van der Waals surface area contributed by atoms with Crippen LogP contribution < -0.4 is 4.90 Å². The molecule has 8 heteroatoms. The number of nitrogens with zero attached hydrogens (tertiary/aromatic N) is 6. The average molecular weight is 386 g/mol. The van der Waals surface area contributed by atoms with Crippen LogP contribution in [0.25, 0.3) is 11.0 Å². The van der Waals surface area contributed by atoms with Gasteiger partial charge in [0.05, 0.1) is 18.1 Å². The second-order valence-corrected chi connectivity index (χ2v) is 8.32. The maximum Gasteiger partial charge on any atom is 0.266 e. The smallest absolute Gasteiger partial charge is 0.266 e. The highest BCUT2D eigenvalue weighted by atomic mass is 19.3. The van der Waals surface area contributed by atoms with Crippen LogP contribution in [0.1, 0.15) is 38.7 Å². The molecule has 148 valence electrons. The predicted molar refractivity (Wildman–Crippen MR) is 104 cm³/mol. The number of hydrogen-bond acceptors (Lipinski definition) is 5. The van der Waals surface area contributed by atoms with Gasteiger partial charge in [0, 0.05) is 43.2 Å². The molecule has 0 aromatic carbocycles. The van der Waals surface area contributed by atoms with Gasteiger partial charge >= 0.3 is 0 Å². The Morgan fingerprint density at radius 3 is 2.64 bits per heavy atom. The van der Waals surface area contributed by atoms with E-state index in [1.165, 1.54) is 0 Å². The number of aryl methyl sites for hydroxylation is 2. The van der Waals surface area contributed by atoms with E-state index in [1.54, 1.807) is 17.3 Å². The molecule has 1 saturated heterocycles. The van der Waals surface area contributed by atoms with Gasteiger partial charge in [-0.05, 0) is 12.1 Å². The lowest BCUT2D eigenvalue weighted by atomic mass is 9.95. The summed E-state index contributed by atoms with van der Waals surface area (Å²) in [4.78, 5) is 15.4. The second-order valence-electron chi connectivity index (χ2n) is 8.32. The molecule has 4 heterocycles. The molecule has 0 amide bonds. The van der Waals surface area contributed by atoms with E-state index in [4.69, 9.17) is 4.98 Å². The summed E-state index contributed by atoms with van der Waals surface area (Å²) in [6, 6.07) is 5.81. The Morgan fingerprint density at radius 1 is 1.18 bits per heavy atom. The van der Waals surface area contributed by atoms with Gasteiger partial charge in [-0.25, -0.2) is 23.4 Å². The lowest BCUT2D eigenvalue weighted by molar-refractivity contribution is 0.0257. The SMILES string of the molecule is CC(C)(C)c1nc(N2CCC(F)(F)C2)c2cnn(CCc3ccccn3)c2n1. The number of hydrogen-bond donors (Lipinski definition) is 0. The molecule has 28 heavy (non-hydrogen) atoms. The van der Waals surface area contributed by atoms with Crippen molar-refractivity contribution < 1.29 is 8.78 Å². The van der Waals surface area contributed by atoms with Gasteiger partial charge in [-0.15, -0.1) is 0 Å². The molecule has 6 nitrogen and oxygen atoms in total. The van der Waals surface area contributed by atoms with Gasteiger partial charge in [-0.1, -0.05) is 26.8 Å². The van der Waals surface area contributed by atoms with E-state index in [0.717, 1.165) is 5.69 Å². The molecule has 0 aliphatic carbocycles. The molecule has 0 bridgehead atoms. The standard InChI is InChI=1S/C20H24F2N6/c1-19(2,3)18-25-16(27-11-8-20(21,22)13-27)15-12-24-28(17(15)26-18)10-7-14-6-4-5-9-23-14/h4-6,9,12H,7-8,10-11,13H2,1-3H3. The van der Waals surface area contributed by atoms with Crippen LogP contribution in [0.4, 0.5) is 14.6 Å². The van der Waals surface area contributed by atoms with Gasteiger partial charge in [-0.3, -0.25) is 4.98 Å². The summed E-state index contributed by atoms with van der Waals surface area (Å²) < 4.78 is 29.4. The largest absolute Gasteiger partial charge is 0.350 e. The first-order valence-electron chi connectivity index (χ1n) is 9.50. The highest BCUT2D eigenvalue weighted by Crippen LogP contribution is 2.34. The molecule has 3 aromatic rings. The second kappa shape index (κ2) is 6.76. The van der Waals surface area contributed by atoms with Crippen LogP contribution in [0.3, 0.4) is 0 Å². The summed E-state index contributed by atoms with van der Waals surface area (Å²) >= 11 is 0. The molecule has 0 unspecified atom stereocenters. The first-order valence-corrected chi connectivity index (χ1v) is 9.50. The fraction of sp³-hybridized carbons (Fsp3) is 0.500. The van der Waals surface area contributed by atoms with E-state index in [0.29, 0.717) is 35.6 Å². The van der Waals surface area contributed by atoms with Crippen LogP contribution in [-0.2, 0) is 18.4 Å².